The lowest BCUT2D eigenvalue weighted by atomic mass is 9.99. The summed E-state index contributed by atoms with van der Waals surface area (Å²) in [5.74, 6) is 0. The highest BCUT2D eigenvalue weighted by Crippen LogP contribution is 2.33. The average Bonchev–Trinajstić information content (AvgIpc) is 2.99. The number of nitrogens with one attached hydrogen (secondary N) is 1. The van der Waals surface area contributed by atoms with Crippen molar-refractivity contribution in [2.75, 3.05) is 0 Å². The smallest absolute Gasteiger partial charge is 0.238 e. The number of halogens is 1. The zero-order chi connectivity index (χ0) is 17.3. The van der Waals surface area contributed by atoms with Gasteiger partial charge in [-0.3, -0.25) is 5.10 Å². The molecule has 6 nitrogen and oxygen atoms in total. The van der Waals surface area contributed by atoms with Gasteiger partial charge in [-0.2, -0.15) is 10.4 Å². The van der Waals surface area contributed by atoms with Crippen LogP contribution in [0.15, 0.2) is 53.4 Å². The molecule has 2 aromatic carbocycles. The van der Waals surface area contributed by atoms with Gasteiger partial charge in [-0.25, -0.2) is 13.6 Å². The largest absolute Gasteiger partial charge is 0.276 e. The predicted octanol–water partition coefficient (Wildman–Crippen LogP) is 2.92. The van der Waals surface area contributed by atoms with E-state index in [0.717, 1.165) is 5.56 Å². The molecule has 1 heterocycles. The van der Waals surface area contributed by atoms with E-state index in [9.17, 15) is 13.7 Å². The lowest BCUT2D eigenvalue weighted by Crippen LogP contribution is -2.11. The maximum atomic E-state index is 11.4. The van der Waals surface area contributed by atoms with Crippen molar-refractivity contribution in [2.24, 2.45) is 5.14 Å². The molecule has 0 aliphatic carbocycles. The Kier molecular flexibility index (Phi) is 4.11. The lowest BCUT2D eigenvalue weighted by Gasteiger charge is -2.06. The highest BCUT2D eigenvalue weighted by atomic mass is 35.5. The minimum atomic E-state index is -3.76. The SMILES string of the molecule is N#Cc1n[nH]c(-c2ccc(S(N)(=O)=O)cc2)c1-c1ccc(Cl)cc1. The van der Waals surface area contributed by atoms with Crippen LogP contribution in [0.2, 0.25) is 5.02 Å². The quantitative estimate of drug-likeness (QED) is 0.749. The Labute approximate surface area is 143 Å². The van der Waals surface area contributed by atoms with E-state index in [1.807, 2.05) is 6.07 Å². The molecule has 0 aliphatic rings. The Morgan fingerprint density at radius 1 is 1.04 bits per heavy atom. The van der Waals surface area contributed by atoms with Gasteiger partial charge in [0.2, 0.25) is 10.0 Å². The van der Waals surface area contributed by atoms with E-state index in [4.69, 9.17) is 16.7 Å². The fourth-order valence-electron chi connectivity index (χ4n) is 2.34. The van der Waals surface area contributed by atoms with E-state index in [1.54, 1.807) is 36.4 Å². The Morgan fingerprint density at radius 2 is 1.62 bits per heavy atom. The van der Waals surface area contributed by atoms with Crippen LogP contribution in [0.25, 0.3) is 22.4 Å². The maximum absolute atomic E-state index is 11.4. The molecule has 0 amide bonds. The molecule has 0 unspecified atom stereocenters. The van der Waals surface area contributed by atoms with Gasteiger partial charge in [-0.05, 0) is 29.8 Å². The average molecular weight is 359 g/mol. The van der Waals surface area contributed by atoms with Crippen molar-refractivity contribution in [3.8, 4) is 28.5 Å². The zero-order valence-corrected chi connectivity index (χ0v) is 13.8. The molecule has 3 rings (SSSR count). The molecule has 120 valence electrons. The molecule has 0 aliphatic heterocycles. The van der Waals surface area contributed by atoms with Crippen LogP contribution in [-0.4, -0.2) is 18.6 Å². The summed E-state index contributed by atoms with van der Waals surface area (Å²) in [6.07, 6.45) is 0. The first kappa shape index (κ1) is 16.2. The maximum Gasteiger partial charge on any atom is 0.238 e. The minimum absolute atomic E-state index is 0.0133. The Hall–Kier alpha value is -2.66. The van der Waals surface area contributed by atoms with Crippen molar-refractivity contribution in [1.82, 2.24) is 10.2 Å². The number of benzene rings is 2. The van der Waals surface area contributed by atoms with Crippen LogP contribution in [0, 0.1) is 11.3 Å². The fourth-order valence-corrected chi connectivity index (χ4v) is 2.98. The molecule has 0 saturated heterocycles. The van der Waals surface area contributed by atoms with E-state index in [1.165, 1.54) is 12.1 Å². The molecule has 0 bridgehead atoms. The van der Waals surface area contributed by atoms with E-state index in [2.05, 4.69) is 10.2 Å². The number of primary sulfonamides is 1. The van der Waals surface area contributed by atoms with Crippen LogP contribution < -0.4 is 5.14 Å². The molecule has 0 spiro atoms. The van der Waals surface area contributed by atoms with Crippen molar-refractivity contribution in [2.45, 2.75) is 4.90 Å². The first-order valence-corrected chi connectivity index (χ1v) is 8.70. The standard InChI is InChI=1S/C16H11ClN4O2S/c17-12-5-1-10(2-6-12)15-14(9-18)20-21-16(15)11-3-7-13(8-4-11)24(19,22)23/h1-8H,(H,20,21)(H2,19,22,23). The first-order valence-electron chi connectivity index (χ1n) is 6.78. The molecule has 24 heavy (non-hydrogen) atoms. The Morgan fingerprint density at radius 3 is 2.17 bits per heavy atom. The highest BCUT2D eigenvalue weighted by Gasteiger charge is 2.17. The van der Waals surface area contributed by atoms with Crippen LogP contribution in [-0.2, 0) is 10.0 Å². The summed E-state index contributed by atoms with van der Waals surface area (Å²) in [6.45, 7) is 0. The number of hydrogen-bond acceptors (Lipinski definition) is 4. The van der Waals surface area contributed by atoms with Crippen molar-refractivity contribution in [3.63, 3.8) is 0 Å². The monoisotopic (exact) mass is 358 g/mol. The highest BCUT2D eigenvalue weighted by molar-refractivity contribution is 7.89. The molecule has 1 aromatic heterocycles. The van der Waals surface area contributed by atoms with Gasteiger partial charge < -0.3 is 0 Å². The summed E-state index contributed by atoms with van der Waals surface area (Å²) >= 11 is 5.91. The van der Waals surface area contributed by atoms with Gasteiger partial charge in [0, 0.05) is 16.1 Å². The van der Waals surface area contributed by atoms with Crippen LogP contribution in [0.4, 0.5) is 0 Å². The van der Waals surface area contributed by atoms with Gasteiger partial charge in [0.1, 0.15) is 6.07 Å². The van der Waals surface area contributed by atoms with Gasteiger partial charge in [0.25, 0.3) is 0 Å². The van der Waals surface area contributed by atoms with Gasteiger partial charge in [-0.15, -0.1) is 0 Å². The fraction of sp³-hybridized carbons (Fsp3) is 0. The van der Waals surface area contributed by atoms with Gasteiger partial charge in [0.15, 0.2) is 5.69 Å². The number of nitriles is 1. The normalized spacial score (nSPS) is 11.2. The first-order chi connectivity index (χ1) is 11.4. The van der Waals surface area contributed by atoms with Crippen LogP contribution >= 0.6 is 11.6 Å². The molecule has 3 aromatic rings. The number of nitrogens with two attached hydrogens (primary N) is 1. The van der Waals surface area contributed by atoms with Crippen molar-refractivity contribution >= 4 is 21.6 Å². The van der Waals surface area contributed by atoms with Crippen molar-refractivity contribution in [1.29, 1.82) is 5.26 Å². The van der Waals surface area contributed by atoms with Crippen molar-refractivity contribution < 1.29 is 8.42 Å². The van der Waals surface area contributed by atoms with E-state index >= 15 is 0 Å². The third kappa shape index (κ3) is 3.03. The van der Waals surface area contributed by atoms with Gasteiger partial charge in [-0.1, -0.05) is 35.9 Å². The lowest BCUT2D eigenvalue weighted by molar-refractivity contribution is 0.598. The van der Waals surface area contributed by atoms with E-state index in [-0.39, 0.29) is 10.6 Å². The third-order valence-electron chi connectivity index (χ3n) is 3.48. The van der Waals surface area contributed by atoms with E-state index < -0.39 is 10.0 Å². The van der Waals surface area contributed by atoms with Crippen LogP contribution in [0.3, 0.4) is 0 Å². The number of sulfonamides is 1. The number of H-pyrrole nitrogens is 1. The molecule has 8 heteroatoms. The van der Waals surface area contributed by atoms with Gasteiger partial charge >= 0.3 is 0 Å². The number of aromatic nitrogens is 2. The summed E-state index contributed by atoms with van der Waals surface area (Å²) in [4.78, 5) is 0.0133. The van der Waals surface area contributed by atoms with Crippen LogP contribution in [0.1, 0.15) is 5.69 Å². The molecule has 0 saturated carbocycles. The topological polar surface area (TPSA) is 113 Å². The molecular formula is C16H11ClN4O2S. The third-order valence-corrected chi connectivity index (χ3v) is 4.66. The second-order valence-electron chi connectivity index (χ2n) is 5.01. The molecule has 0 radical (unpaired) electrons. The minimum Gasteiger partial charge on any atom is -0.276 e. The summed E-state index contributed by atoms with van der Waals surface area (Å²) in [6, 6.07) is 15.1. The summed E-state index contributed by atoms with van der Waals surface area (Å²) < 4.78 is 22.7. The predicted molar refractivity (Wildman–Crippen MR) is 90.6 cm³/mol. The second kappa shape index (κ2) is 6.09. The van der Waals surface area contributed by atoms with E-state index in [0.29, 0.717) is 21.8 Å². The molecule has 0 fully saturated rings. The molecule has 0 atom stereocenters. The number of aromatic amines is 1. The Bertz CT molecular complexity index is 1030. The summed E-state index contributed by atoms with van der Waals surface area (Å²) in [5.41, 5.74) is 2.92. The van der Waals surface area contributed by atoms with Gasteiger partial charge in [0.05, 0.1) is 10.6 Å². The second-order valence-corrected chi connectivity index (χ2v) is 7.01. The Balaban J connectivity index is 2.14. The molecule has 3 N–H and O–H groups in total. The summed E-state index contributed by atoms with van der Waals surface area (Å²) in [5, 5.41) is 21.8. The van der Waals surface area contributed by atoms with Crippen LogP contribution in [0.5, 0.6) is 0 Å². The number of nitrogens with zero attached hydrogens (tertiary/aromatic N) is 2. The number of hydrogen-bond donors (Lipinski definition) is 2. The molecular weight excluding hydrogens is 348 g/mol. The zero-order valence-electron chi connectivity index (χ0n) is 12.2. The number of rotatable bonds is 3. The summed E-state index contributed by atoms with van der Waals surface area (Å²) in [7, 11) is -3.76. The van der Waals surface area contributed by atoms with Crippen molar-refractivity contribution in [3.05, 3.63) is 59.2 Å².